The molecule has 10 heteroatoms. The molecule has 1 N–H and O–H groups in total. The highest BCUT2D eigenvalue weighted by molar-refractivity contribution is 9.10. The maximum Gasteiger partial charge on any atom is 0.343 e. The van der Waals surface area contributed by atoms with Gasteiger partial charge in [0, 0.05) is 16.6 Å². The molecule has 0 aromatic heterocycles. The molecule has 3 aromatic rings. The van der Waals surface area contributed by atoms with E-state index in [1.54, 1.807) is 42.5 Å². The number of nitro groups is 1. The third-order valence-corrected chi connectivity index (χ3v) is 4.46. The number of rotatable bonds is 8. The van der Waals surface area contributed by atoms with E-state index in [1.807, 2.05) is 6.07 Å². The van der Waals surface area contributed by atoms with Gasteiger partial charge in [-0.05, 0) is 60.2 Å². The molecule has 0 unspecified atom stereocenters. The fourth-order valence-corrected chi connectivity index (χ4v) is 2.83. The summed E-state index contributed by atoms with van der Waals surface area (Å²) in [6, 6.07) is 18.8. The summed E-state index contributed by atoms with van der Waals surface area (Å²) in [5.74, 6) is -0.289. The molecular formula is C22H16BrN3O6. The minimum atomic E-state index is -0.524. The summed E-state index contributed by atoms with van der Waals surface area (Å²) in [6.45, 7) is -0.306. The summed E-state index contributed by atoms with van der Waals surface area (Å²) in [4.78, 5) is 34.0. The first kappa shape index (κ1) is 22.6. The maximum absolute atomic E-state index is 12.2. The first-order valence-electron chi connectivity index (χ1n) is 9.18. The molecule has 1 amide bonds. The second kappa shape index (κ2) is 10.8. The molecule has 9 nitrogen and oxygen atoms in total. The van der Waals surface area contributed by atoms with E-state index in [9.17, 15) is 19.7 Å². The number of carbonyl (C=O) groups excluding carboxylic acids is 2. The normalized spacial score (nSPS) is 10.5. The van der Waals surface area contributed by atoms with Gasteiger partial charge in [0.25, 0.3) is 11.6 Å². The van der Waals surface area contributed by atoms with E-state index in [0.29, 0.717) is 22.6 Å². The van der Waals surface area contributed by atoms with Crippen LogP contribution in [0.15, 0.2) is 82.4 Å². The first-order chi connectivity index (χ1) is 15.4. The number of amides is 1. The van der Waals surface area contributed by atoms with Gasteiger partial charge in [-0.1, -0.05) is 22.0 Å². The Kier molecular flexibility index (Phi) is 7.65. The van der Waals surface area contributed by atoms with Crippen molar-refractivity contribution in [3.63, 3.8) is 0 Å². The Morgan fingerprint density at radius 2 is 1.72 bits per heavy atom. The van der Waals surface area contributed by atoms with E-state index in [2.05, 4.69) is 26.5 Å². The third kappa shape index (κ3) is 6.74. The van der Waals surface area contributed by atoms with Crippen LogP contribution in [0.4, 0.5) is 5.69 Å². The number of hydrogen-bond acceptors (Lipinski definition) is 7. The number of nitro benzene ring substituents is 1. The van der Waals surface area contributed by atoms with Gasteiger partial charge in [0.15, 0.2) is 6.61 Å². The number of nitrogens with one attached hydrogen (secondary N) is 1. The van der Waals surface area contributed by atoms with E-state index in [4.69, 9.17) is 9.47 Å². The molecule has 32 heavy (non-hydrogen) atoms. The number of carbonyl (C=O) groups is 2. The van der Waals surface area contributed by atoms with E-state index < -0.39 is 16.8 Å². The van der Waals surface area contributed by atoms with Gasteiger partial charge in [-0.15, -0.1) is 0 Å². The summed E-state index contributed by atoms with van der Waals surface area (Å²) in [6.07, 6.45) is 1.42. The van der Waals surface area contributed by atoms with Crippen molar-refractivity contribution in [1.29, 1.82) is 0 Å². The lowest BCUT2D eigenvalue weighted by Crippen LogP contribution is -2.24. The Labute approximate surface area is 190 Å². The molecule has 0 saturated heterocycles. The smallest absolute Gasteiger partial charge is 0.343 e. The Bertz CT molecular complexity index is 1150. The zero-order valence-electron chi connectivity index (χ0n) is 16.4. The van der Waals surface area contributed by atoms with Crippen LogP contribution in [0, 0.1) is 10.1 Å². The Balaban J connectivity index is 1.45. The number of halogens is 1. The molecule has 3 rings (SSSR count). The van der Waals surface area contributed by atoms with E-state index in [0.717, 1.165) is 4.47 Å². The quantitative estimate of drug-likeness (QED) is 0.164. The summed E-state index contributed by atoms with van der Waals surface area (Å²) in [5.41, 5.74) is 3.33. The molecule has 0 radical (unpaired) electrons. The van der Waals surface area contributed by atoms with Crippen LogP contribution in [0.2, 0.25) is 0 Å². The van der Waals surface area contributed by atoms with Crippen LogP contribution in [0.3, 0.4) is 0 Å². The molecule has 162 valence electrons. The van der Waals surface area contributed by atoms with Gasteiger partial charge in [-0.2, -0.15) is 5.10 Å². The Morgan fingerprint density at radius 1 is 1.03 bits per heavy atom. The molecule has 0 spiro atoms. The van der Waals surface area contributed by atoms with Crippen LogP contribution in [0.5, 0.6) is 11.5 Å². The number of ether oxygens (including phenoxy) is 2. The van der Waals surface area contributed by atoms with Crippen molar-refractivity contribution in [2.75, 3.05) is 6.61 Å². The lowest BCUT2D eigenvalue weighted by atomic mass is 10.2. The van der Waals surface area contributed by atoms with E-state index >= 15 is 0 Å². The average molecular weight is 498 g/mol. The SMILES string of the molecule is O=C(COc1ccc([N+](=O)[O-])cc1)N/N=C/c1ccc(OC(=O)c2cccc(Br)c2)cc1. The van der Waals surface area contributed by atoms with Crippen molar-refractivity contribution >= 4 is 39.7 Å². The van der Waals surface area contributed by atoms with Crippen molar-refractivity contribution in [2.24, 2.45) is 5.10 Å². The van der Waals surface area contributed by atoms with Crippen LogP contribution >= 0.6 is 15.9 Å². The zero-order valence-corrected chi connectivity index (χ0v) is 18.0. The lowest BCUT2D eigenvalue weighted by Gasteiger charge is -2.05. The van der Waals surface area contributed by atoms with Crippen LogP contribution < -0.4 is 14.9 Å². The zero-order chi connectivity index (χ0) is 22.9. The van der Waals surface area contributed by atoms with E-state index in [-0.39, 0.29) is 12.3 Å². The fourth-order valence-electron chi connectivity index (χ4n) is 2.43. The fraction of sp³-hybridized carbons (Fsp3) is 0.0455. The highest BCUT2D eigenvalue weighted by Gasteiger charge is 2.09. The van der Waals surface area contributed by atoms with Crippen molar-refractivity contribution in [2.45, 2.75) is 0 Å². The molecule has 0 aliphatic rings. The molecule has 0 saturated carbocycles. The largest absolute Gasteiger partial charge is 0.484 e. The van der Waals surface area contributed by atoms with Gasteiger partial charge in [-0.25, -0.2) is 10.2 Å². The van der Waals surface area contributed by atoms with Crippen molar-refractivity contribution in [3.05, 3.63) is 98.5 Å². The van der Waals surface area contributed by atoms with Crippen molar-refractivity contribution in [3.8, 4) is 11.5 Å². The summed E-state index contributed by atoms with van der Waals surface area (Å²) in [5, 5.41) is 14.4. The molecule has 3 aromatic carbocycles. The molecule has 0 heterocycles. The highest BCUT2D eigenvalue weighted by Crippen LogP contribution is 2.18. The minimum absolute atomic E-state index is 0.0691. The standard InChI is InChI=1S/C22H16BrN3O6/c23-17-3-1-2-16(12-17)22(28)32-20-8-4-15(5-9-20)13-24-25-21(27)14-31-19-10-6-18(7-11-19)26(29)30/h1-13H,14H2,(H,25,27)/b24-13+. The summed E-state index contributed by atoms with van der Waals surface area (Å²) < 4.78 is 11.3. The predicted molar refractivity (Wildman–Crippen MR) is 120 cm³/mol. The van der Waals surface area contributed by atoms with Crippen LogP contribution in [-0.2, 0) is 4.79 Å². The number of esters is 1. The van der Waals surface area contributed by atoms with Gasteiger partial charge in [-0.3, -0.25) is 14.9 Å². The van der Waals surface area contributed by atoms with Gasteiger partial charge in [0.1, 0.15) is 11.5 Å². The Morgan fingerprint density at radius 3 is 2.38 bits per heavy atom. The molecule has 0 fully saturated rings. The molecule has 0 atom stereocenters. The second-order valence-electron chi connectivity index (χ2n) is 6.30. The minimum Gasteiger partial charge on any atom is -0.484 e. The van der Waals surface area contributed by atoms with Crippen molar-refractivity contribution < 1.29 is 24.0 Å². The maximum atomic E-state index is 12.2. The van der Waals surface area contributed by atoms with E-state index in [1.165, 1.54) is 30.5 Å². The average Bonchev–Trinajstić information content (AvgIpc) is 2.79. The number of hydrazone groups is 1. The van der Waals surface area contributed by atoms with Crippen molar-refractivity contribution in [1.82, 2.24) is 5.43 Å². The predicted octanol–water partition coefficient (Wildman–Crippen LogP) is 4.11. The topological polar surface area (TPSA) is 120 Å². The first-order valence-corrected chi connectivity index (χ1v) is 9.97. The van der Waals surface area contributed by atoms with Gasteiger partial charge >= 0.3 is 5.97 Å². The lowest BCUT2D eigenvalue weighted by molar-refractivity contribution is -0.384. The second-order valence-corrected chi connectivity index (χ2v) is 7.22. The number of benzene rings is 3. The van der Waals surface area contributed by atoms with Gasteiger partial charge < -0.3 is 9.47 Å². The van der Waals surface area contributed by atoms with Gasteiger partial charge in [0.05, 0.1) is 16.7 Å². The summed E-state index contributed by atoms with van der Waals surface area (Å²) in [7, 11) is 0. The molecule has 0 aliphatic carbocycles. The molecular weight excluding hydrogens is 482 g/mol. The number of nitrogens with zero attached hydrogens (tertiary/aromatic N) is 2. The van der Waals surface area contributed by atoms with Crippen LogP contribution in [0.25, 0.3) is 0 Å². The number of hydrogen-bond donors (Lipinski definition) is 1. The third-order valence-electron chi connectivity index (χ3n) is 3.97. The molecule has 0 bridgehead atoms. The molecule has 0 aliphatic heterocycles. The number of non-ortho nitro benzene ring substituents is 1. The monoisotopic (exact) mass is 497 g/mol. The van der Waals surface area contributed by atoms with Crippen LogP contribution in [0.1, 0.15) is 15.9 Å². The van der Waals surface area contributed by atoms with Crippen LogP contribution in [-0.4, -0.2) is 29.6 Å². The summed E-state index contributed by atoms with van der Waals surface area (Å²) >= 11 is 3.31. The van der Waals surface area contributed by atoms with Gasteiger partial charge in [0.2, 0.25) is 0 Å². The highest BCUT2D eigenvalue weighted by atomic mass is 79.9. The Hall–Kier alpha value is -4.05.